The molecule has 0 saturated heterocycles. The van der Waals surface area contributed by atoms with Crippen molar-refractivity contribution in [3.8, 4) is 11.1 Å². The van der Waals surface area contributed by atoms with Crippen molar-refractivity contribution in [2.45, 2.75) is 6.92 Å². The van der Waals surface area contributed by atoms with Crippen LogP contribution in [0.25, 0.3) is 62.6 Å². The van der Waals surface area contributed by atoms with E-state index >= 15 is 0 Å². The molecule has 0 amide bonds. The molecule has 0 spiro atoms. The van der Waals surface area contributed by atoms with Crippen molar-refractivity contribution in [3.63, 3.8) is 0 Å². The van der Waals surface area contributed by atoms with Gasteiger partial charge in [0.15, 0.2) is 0 Å². The minimum absolute atomic E-state index is 1.16. The highest BCUT2D eigenvalue weighted by Crippen LogP contribution is 2.45. The van der Waals surface area contributed by atoms with Gasteiger partial charge in [0.05, 0.1) is 9.40 Å². The number of hydrogen-bond acceptors (Lipinski definition) is 2. The van der Waals surface area contributed by atoms with Crippen molar-refractivity contribution < 1.29 is 0 Å². The van der Waals surface area contributed by atoms with Gasteiger partial charge >= 0.3 is 0 Å². The molecule has 0 atom stereocenters. The molecule has 0 radical (unpaired) electrons. The Bertz CT molecular complexity index is 2330. The SMILES string of the molecule is C=C/C=C(\C=C/C)c1cccc(-c2ccc3sc4c(ccc5c6cc(C7=C/C=C\C=C/C=C\C=C\C=C\7)ccc6sc54)c3c2)c1. The van der Waals surface area contributed by atoms with Crippen LogP contribution < -0.4 is 0 Å². The van der Waals surface area contributed by atoms with Crippen LogP contribution >= 0.6 is 22.7 Å². The second-order valence-electron chi connectivity index (χ2n) is 10.9. The minimum atomic E-state index is 1.16. The molecule has 1 aliphatic rings. The molecule has 216 valence electrons. The highest BCUT2D eigenvalue weighted by molar-refractivity contribution is 7.33. The lowest BCUT2D eigenvalue weighted by molar-refractivity contribution is 1.58. The fourth-order valence-electron chi connectivity index (χ4n) is 5.88. The van der Waals surface area contributed by atoms with Crippen LogP contribution in [0.1, 0.15) is 18.1 Å². The van der Waals surface area contributed by atoms with E-state index in [2.05, 4.69) is 146 Å². The lowest BCUT2D eigenvalue weighted by atomic mass is 9.97. The molecule has 1 aliphatic carbocycles. The molecule has 45 heavy (non-hydrogen) atoms. The van der Waals surface area contributed by atoms with E-state index in [9.17, 15) is 0 Å². The van der Waals surface area contributed by atoms with Crippen LogP contribution in [0.2, 0.25) is 0 Å². The molecule has 6 aromatic rings. The Labute approximate surface area is 272 Å². The lowest BCUT2D eigenvalue weighted by Crippen LogP contribution is -1.84. The molecule has 0 saturated carbocycles. The Kier molecular flexibility index (Phi) is 8.25. The van der Waals surface area contributed by atoms with Gasteiger partial charge in [-0.1, -0.05) is 140 Å². The van der Waals surface area contributed by atoms with Crippen LogP contribution in [0.15, 0.2) is 171 Å². The number of hydrogen-bond donors (Lipinski definition) is 0. The molecule has 7 rings (SSSR count). The average Bonchev–Trinajstić information content (AvgIpc) is 3.63. The van der Waals surface area contributed by atoms with Gasteiger partial charge in [-0.3, -0.25) is 0 Å². The zero-order valence-corrected chi connectivity index (χ0v) is 26.7. The summed E-state index contributed by atoms with van der Waals surface area (Å²) in [6.45, 7) is 5.95. The molecule has 0 fully saturated rings. The Morgan fingerprint density at radius 3 is 1.87 bits per heavy atom. The third-order valence-corrected chi connectivity index (χ3v) is 10.6. The van der Waals surface area contributed by atoms with E-state index in [0.29, 0.717) is 0 Å². The largest absolute Gasteiger partial charge is 0.134 e. The Hall–Kier alpha value is -5.02. The van der Waals surface area contributed by atoms with E-state index in [1.54, 1.807) is 0 Å². The summed E-state index contributed by atoms with van der Waals surface area (Å²) in [6, 6.07) is 27.3. The third kappa shape index (κ3) is 5.79. The van der Waals surface area contributed by atoms with E-state index in [1.165, 1.54) is 68.2 Å². The number of rotatable bonds is 5. The van der Waals surface area contributed by atoms with Crippen LogP contribution in [0.5, 0.6) is 0 Å². The first kappa shape index (κ1) is 28.7. The highest BCUT2D eigenvalue weighted by Gasteiger charge is 2.15. The van der Waals surface area contributed by atoms with Crippen molar-refractivity contribution in [1.29, 1.82) is 0 Å². The molecule has 2 heterocycles. The molecule has 0 nitrogen and oxygen atoms in total. The maximum atomic E-state index is 3.90. The molecule has 2 aromatic heterocycles. The predicted octanol–water partition coefficient (Wildman–Crippen LogP) is 13.4. The first-order valence-electron chi connectivity index (χ1n) is 15.2. The Morgan fingerprint density at radius 2 is 1.20 bits per heavy atom. The van der Waals surface area contributed by atoms with Crippen LogP contribution in [-0.4, -0.2) is 0 Å². The summed E-state index contributed by atoms with van der Waals surface area (Å²) < 4.78 is 5.39. The second kappa shape index (κ2) is 12.9. The zero-order valence-electron chi connectivity index (χ0n) is 25.1. The smallest absolute Gasteiger partial charge is 0.0534 e. The molecular weight excluding hydrogens is 581 g/mol. The molecule has 0 unspecified atom stereocenters. The van der Waals surface area contributed by atoms with E-state index in [4.69, 9.17) is 0 Å². The maximum absolute atomic E-state index is 3.90. The van der Waals surface area contributed by atoms with E-state index in [1.807, 2.05) is 53.9 Å². The molecule has 0 aliphatic heterocycles. The van der Waals surface area contributed by atoms with Gasteiger partial charge in [0.1, 0.15) is 0 Å². The highest BCUT2D eigenvalue weighted by atomic mass is 32.1. The molecular formula is C43H32S2. The monoisotopic (exact) mass is 612 g/mol. The second-order valence-corrected chi connectivity index (χ2v) is 13.0. The summed E-state index contributed by atoms with van der Waals surface area (Å²) in [7, 11) is 0. The van der Waals surface area contributed by atoms with Crippen molar-refractivity contribution in [2.75, 3.05) is 0 Å². The van der Waals surface area contributed by atoms with Crippen molar-refractivity contribution in [3.05, 3.63) is 182 Å². The van der Waals surface area contributed by atoms with Gasteiger partial charge in [0.25, 0.3) is 0 Å². The fraction of sp³-hybridized carbons (Fsp3) is 0.0233. The zero-order chi connectivity index (χ0) is 30.6. The van der Waals surface area contributed by atoms with Gasteiger partial charge in [-0.15, -0.1) is 22.7 Å². The predicted molar refractivity (Wildman–Crippen MR) is 204 cm³/mol. The van der Waals surface area contributed by atoms with Gasteiger partial charge in [0.2, 0.25) is 0 Å². The number of fused-ring (bicyclic) bond motifs is 7. The van der Waals surface area contributed by atoms with Gasteiger partial charge in [0, 0.05) is 30.9 Å². The first-order chi connectivity index (χ1) is 22.2. The molecule has 0 N–H and O–H groups in total. The van der Waals surface area contributed by atoms with Gasteiger partial charge < -0.3 is 0 Å². The van der Waals surface area contributed by atoms with Crippen LogP contribution in [0, 0.1) is 0 Å². The van der Waals surface area contributed by atoms with Gasteiger partial charge in [-0.25, -0.2) is 0 Å². The van der Waals surface area contributed by atoms with Crippen LogP contribution in [-0.2, 0) is 0 Å². The summed E-state index contributed by atoms with van der Waals surface area (Å²) in [4.78, 5) is 0. The van der Waals surface area contributed by atoms with E-state index < -0.39 is 0 Å². The van der Waals surface area contributed by atoms with E-state index in [-0.39, 0.29) is 0 Å². The van der Waals surface area contributed by atoms with Crippen molar-refractivity contribution in [1.82, 2.24) is 0 Å². The number of allylic oxidation sites excluding steroid dienone is 17. The molecule has 2 heteroatoms. The summed E-state index contributed by atoms with van der Waals surface area (Å²) in [5.74, 6) is 0. The molecule has 4 aromatic carbocycles. The summed E-state index contributed by atoms with van der Waals surface area (Å²) in [5.41, 5.74) is 7.21. The van der Waals surface area contributed by atoms with Crippen LogP contribution in [0.3, 0.4) is 0 Å². The van der Waals surface area contributed by atoms with Crippen molar-refractivity contribution in [2.24, 2.45) is 0 Å². The van der Waals surface area contributed by atoms with Crippen molar-refractivity contribution >= 4 is 74.2 Å². The summed E-state index contributed by atoms with van der Waals surface area (Å²) >= 11 is 3.81. The quantitative estimate of drug-likeness (QED) is 0.170. The summed E-state index contributed by atoms with van der Waals surface area (Å²) in [5, 5.41) is 5.30. The van der Waals surface area contributed by atoms with Crippen LogP contribution in [0.4, 0.5) is 0 Å². The normalized spacial score (nSPS) is 18.9. The molecule has 0 bridgehead atoms. The third-order valence-electron chi connectivity index (χ3n) is 8.02. The Morgan fingerprint density at radius 1 is 0.600 bits per heavy atom. The lowest BCUT2D eigenvalue weighted by Gasteiger charge is -2.07. The van der Waals surface area contributed by atoms with E-state index in [0.717, 1.165) is 5.57 Å². The Balaban J connectivity index is 1.31. The van der Waals surface area contributed by atoms with Gasteiger partial charge in [-0.2, -0.15) is 0 Å². The standard InChI is InChI=1S/C43H32S2/c1-3-15-30(16-4-2)32-19-14-20-33(27-32)35-22-26-41-39(29-35)37-24-23-36-38-28-34(21-25-40(38)44-42(36)43(37)45-41)31-17-12-10-8-6-5-7-9-11-13-18-31/h3-29H,1H2,2H3/b6-5-,7-5?,8-6?,9-7-,10-8+,11-9?,12-10?,13-11-,16-4-,17-12+,18-13?,30-15+,31-17?,31-18+. The van der Waals surface area contributed by atoms with Gasteiger partial charge in [-0.05, 0) is 70.7 Å². The maximum Gasteiger partial charge on any atom is 0.0534 e. The first-order valence-corrected chi connectivity index (χ1v) is 16.8. The fourth-order valence-corrected chi connectivity index (χ4v) is 8.38. The topological polar surface area (TPSA) is 0 Å². The summed E-state index contributed by atoms with van der Waals surface area (Å²) in [6.07, 6.45) is 31.1. The minimum Gasteiger partial charge on any atom is -0.134 e. The number of benzene rings is 4. The average molecular weight is 613 g/mol. The number of thiophene rings is 2.